The largest absolute Gasteiger partial charge is 0.508 e. The van der Waals surface area contributed by atoms with Gasteiger partial charge >= 0.3 is 0 Å². The van der Waals surface area contributed by atoms with Crippen LogP contribution in [-0.2, 0) is 0 Å². The number of hydrogen-bond acceptors (Lipinski definition) is 4. The minimum absolute atomic E-state index is 0.0342. The maximum Gasteiger partial charge on any atom is 0.200 e. The zero-order valence-corrected chi connectivity index (χ0v) is 10.8. The van der Waals surface area contributed by atoms with Gasteiger partial charge in [0.2, 0.25) is 0 Å². The Morgan fingerprint density at radius 1 is 1.15 bits per heavy atom. The summed E-state index contributed by atoms with van der Waals surface area (Å²) in [5.74, 6) is 0.513. The maximum atomic E-state index is 12.5. The highest BCUT2D eigenvalue weighted by Gasteiger charge is 2.10. The van der Waals surface area contributed by atoms with Crippen molar-refractivity contribution in [3.05, 3.63) is 59.0 Å². The van der Waals surface area contributed by atoms with Crippen molar-refractivity contribution in [2.45, 2.75) is 0 Å². The third kappa shape index (κ3) is 2.01. The van der Waals surface area contributed by atoms with Crippen molar-refractivity contribution in [3.63, 3.8) is 0 Å². The minimum Gasteiger partial charge on any atom is -0.508 e. The van der Waals surface area contributed by atoms with Crippen LogP contribution in [0, 0.1) is 0 Å². The fourth-order valence-corrected chi connectivity index (χ4v) is 2.13. The molecule has 0 fully saturated rings. The molecule has 0 aliphatic heterocycles. The lowest BCUT2D eigenvalue weighted by atomic mass is 10.0. The van der Waals surface area contributed by atoms with E-state index in [0.717, 1.165) is 0 Å². The van der Waals surface area contributed by atoms with Gasteiger partial charge in [0.15, 0.2) is 5.43 Å². The van der Waals surface area contributed by atoms with Gasteiger partial charge in [-0.15, -0.1) is 0 Å². The van der Waals surface area contributed by atoms with Crippen molar-refractivity contribution in [1.82, 2.24) is 0 Å². The van der Waals surface area contributed by atoms with Crippen LogP contribution in [-0.4, -0.2) is 12.2 Å². The molecule has 0 aliphatic carbocycles. The monoisotopic (exact) mass is 268 g/mol. The van der Waals surface area contributed by atoms with Crippen molar-refractivity contribution in [2.75, 3.05) is 7.11 Å². The number of ether oxygens (including phenoxy) is 1. The van der Waals surface area contributed by atoms with Crippen molar-refractivity contribution in [3.8, 4) is 22.6 Å². The summed E-state index contributed by atoms with van der Waals surface area (Å²) in [4.78, 5) is 12.5. The average molecular weight is 268 g/mol. The summed E-state index contributed by atoms with van der Waals surface area (Å²) in [5, 5.41) is 10.2. The fourth-order valence-electron chi connectivity index (χ4n) is 2.13. The summed E-state index contributed by atoms with van der Waals surface area (Å²) >= 11 is 0. The predicted molar refractivity (Wildman–Crippen MR) is 76.1 cm³/mol. The molecule has 0 saturated carbocycles. The molecule has 3 aromatic rings. The molecule has 0 saturated heterocycles. The molecule has 0 bridgehead atoms. The van der Waals surface area contributed by atoms with Crippen LogP contribution in [0.25, 0.3) is 22.1 Å². The molecule has 3 rings (SSSR count). The van der Waals surface area contributed by atoms with Gasteiger partial charge in [-0.05, 0) is 29.8 Å². The van der Waals surface area contributed by atoms with E-state index in [-0.39, 0.29) is 11.2 Å². The quantitative estimate of drug-likeness (QED) is 0.775. The molecule has 0 spiro atoms. The Hall–Kier alpha value is -2.75. The van der Waals surface area contributed by atoms with Gasteiger partial charge in [0.1, 0.15) is 23.3 Å². The summed E-state index contributed by atoms with van der Waals surface area (Å²) < 4.78 is 10.6. The van der Waals surface area contributed by atoms with Crippen LogP contribution in [0.1, 0.15) is 0 Å². The van der Waals surface area contributed by atoms with Gasteiger partial charge in [-0.25, -0.2) is 0 Å². The Bertz CT molecular complexity index is 833. The van der Waals surface area contributed by atoms with Gasteiger partial charge in [0.25, 0.3) is 0 Å². The van der Waals surface area contributed by atoms with Gasteiger partial charge in [0, 0.05) is 6.07 Å². The Balaban J connectivity index is 2.27. The Morgan fingerprint density at radius 3 is 2.75 bits per heavy atom. The summed E-state index contributed by atoms with van der Waals surface area (Å²) in [6.07, 6.45) is 1.40. The summed E-state index contributed by atoms with van der Waals surface area (Å²) in [5.41, 5.74) is 1.34. The highest BCUT2D eigenvalue weighted by atomic mass is 16.5. The zero-order valence-electron chi connectivity index (χ0n) is 10.8. The number of phenols is 1. The molecule has 0 atom stereocenters. The van der Waals surface area contributed by atoms with Crippen LogP contribution in [0.2, 0.25) is 0 Å². The number of aromatic hydroxyl groups is 1. The lowest BCUT2D eigenvalue weighted by molar-refractivity contribution is 0.408. The van der Waals surface area contributed by atoms with E-state index in [1.54, 1.807) is 24.3 Å². The summed E-state index contributed by atoms with van der Waals surface area (Å²) in [6, 6.07) is 11.7. The lowest BCUT2D eigenvalue weighted by Crippen LogP contribution is -2.04. The Morgan fingerprint density at radius 2 is 1.95 bits per heavy atom. The molecule has 0 amide bonds. The van der Waals surface area contributed by atoms with Crippen LogP contribution in [0.4, 0.5) is 0 Å². The van der Waals surface area contributed by atoms with E-state index in [1.807, 2.05) is 6.07 Å². The SMILES string of the molecule is COc1cc(O)cc(-c2coc3ccccc3c2=O)c1. The first-order chi connectivity index (χ1) is 9.69. The molecular formula is C16H12O4. The Labute approximate surface area is 114 Å². The number of hydrogen-bond donors (Lipinski definition) is 1. The van der Waals surface area contributed by atoms with Gasteiger partial charge < -0.3 is 14.3 Å². The van der Waals surface area contributed by atoms with Crippen molar-refractivity contribution >= 4 is 11.0 Å². The average Bonchev–Trinajstić information content (AvgIpc) is 2.47. The van der Waals surface area contributed by atoms with Gasteiger partial charge in [-0.2, -0.15) is 0 Å². The molecule has 20 heavy (non-hydrogen) atoms. The normalized spacial score (nSPS) is 10.7. The van der Waals surface area contributed by atoms with Crippen LogP contribution in [0.3, 0.4) is 0 Å². The first-order valence-corrected chi connectivity index (χ1v) is 6.08. The van der Waals surface area contributed by atoms with Crippen LogP contribution >= 0.6 is 0 Å². The van der Waals surface area contributed by atoms with Gasteiger partial charge in [0.05, 0.1) is 18.1 Å². The second-order valence-corrected chi connectivity index (χ2v) is 4.39. The first kappa shape index (κ1) is 12.3. The highest BCUT2D eigenvalue weighted by molar-refractivity contribution is 5.81. The molecule has 4 heteroatoms. The third-order valence-electron chi connectivity index (χ3n) is 3.12. The molecule has 0 unspecified atom stereocenters. The van der Waals surface area contributed by atoms with Crippen LogP contribution in [0.5, 0.6) is 11.5 Å². The summed E-state index contributed by atoms with van der Waals surface area (Å²) in [7, 11) is 1.50. The summed E-state index contributed by atoms with van der Waals surface area (Å²) in [6.45, 7) is 0. The second-order valence-electron chi connectivity index (χ2n) is 4.39. The Kier molecular flexibility index (Phi) is 2.91. The number of benzene rings is 2. The third-order valence-corrected chi connectivity index (χ3v) is 3.12. The number of methoxy groups -OCH3 is 1. The van der Waals surface area contributed by atoms with Gasteiger partial charge in [-0.1, -0.05) is 12.1 Å². The minimum atomic E-state index is -0.139. The standard InChI is InChI=1S/C16H12O4/c1-19-12-7-10(6-11(17)8-12)14-9-20-15-5-3-2-4-13(15)16(14)18/h2-9,17H,1H3. The second kappa shape index (κ2) is 4.74. The number of para-hydroxylation sites is 1. The topological polar surface area (TPSA) is 59.7 Å². The van der Waals surface area contributed by atoms with E-state index in [0.29, 0.717) is 27.8 Å². The van der Waals surface area contributed by atoms with Crippen LogP contribution in [0.15, 0.2) is 57.9 Å². The molecule has 4 nitrogen and oxygen atoms in total. The number of rotatable bonds is 2. The predicted octanol–water partition coefficient (Wildman–Crippen LogP) is 3.17. The molecule has 1 N–H and O–H groups in total. The lowest BCUT2D eigenvalue weighted by Gasteiger charge is -2.06. The molecule has 2 aromatic carbocycles. The van der Waals surface area contributed by atoms with E-state index in [1.165, 1.54) is 25.5 Å². The molecule has 1 aromatic heterocycles. The van der Waals surface area contributed by atoms with Crippen molar-refractivity contribution in [2.24, 2.45) is 0 Å². The molecule has 100 valence electrons. The van der Waals surface area contributed by atoms with E-state index >= 15 is 0 Å². The molecular weight excluding hydrogens is 256 g/mol. The fraction of sp³-hybridized carbons (Fsp3) is 0.0625. The highest BCUT2D eigenvalue weighted by Crippen LogP contribution is 2.28. The number of fused-ring (bicyclic) bond motifs is 1. The number of phenolic OH excluding ortho intramolecular Hbond substituents is 1. The molecule has 1 heterocycles. The molecule has 0 radical (unpaired) electrons. The van der Waals surface area contributed by atoms with Crippen molar-refractivity contribution < 1.29 is 14.3 Å². The first-order valence-electron chi connectivity index (χ1n) is 6.08. The van der Waals surface area contributed by atoms with E-state index in [2.05, 4.69) is 0 Å². The van der Waals surface area contributed by atoms with E-state index in [9.17, 15) is 9.90 Å². The maximum absolute atomic E-state index is 12.5. The molecule has 0 aliphatic rings. The van der Waals surface area contributed by atoms with E-state index in [4.69, 9.17) is 9.15 Å². The van der Waals surface area contributed by atoms with Gasteiger partial charge in [-0.3, -0.25) is 4.79 Å². The zero-order chi connectivity index (χ0) is 14.1. The smallest absolute Gasteiger partial charge is 0.200 e. The van der Waals surface area contributed by atoms with Crippen LogP contribution < -0.4 is 10.2 Å². The van der Waals surface area contributed by atoms with Crippen molar-refractivity contribution in [1.29, 1.82) is 0 Å². The van der Waals surface area contributed by atoms with E-state index < -0.39 is 0 Å².